The van der Waals surface area contributed by atoms with E-state index in [0.29, 0.717) is 43.1 Å². The van der Waals surface area contributed by atoms with E-state index in [0.717, 1.165) is 0 Å². The molecule has 27 heavy (non-hydrogen) atoms. The summed E-state index contributed by atoms with van der Waals surface area (Å²) in [5.41, 5.74) is 0. The zero-order chi connectivity index (χ0) is 19.4. The van der Waals surface area contributed by atoms with Gasteiger partial charge in [-0.15, -0.1) is 13.2 Å². The maximum atomic E-state index is 5.88. The van der Waals surface area contributed by atoms with Crippen molar-refractivity contribution in [3.05, 3.63) is 81.8 Å². The summed E-state index contributed by atoms with van der Waals surface area (Å²) in [5, 5.41) is 1.89. The third-order valence-corrected chi connectivity index (χ3v) is 5.44. The van der Waals surface area contributed by atoms with Crippen molar-refractivity contribution >= 4 is 84.0 Å². The van der Waals surface area contributed by atoms with E-state index < -0.39 is 0 Å². The molecule has 0 unspecified atom stereocenters. The molecule has 2 aromatic carbocycles. The first-order chi connectivity index (χ1) is 12.5. The minimum atomic E-state index is 0. The Bertz CT molecular complexity index is 668. The minimum absolute atomic E-state index is 0. The van der Waals surface area contributed by atoms with Gasteiger partial charge in [0.2, 0.25) is 0 Å². The first-order valence-corrected chi connectivity index (χ1v) is 10.5. The molecular formula is C18H18Cl4O2S3. The Balaban J connectivity index is 0.000000483. The van der Waals surface area contributed by atoms with Gasteiger partial charge in [0.25, 0.3) is 0 Å². The van der Waals surface area contributed by atoms with E-state index >= 15 is 0 Å². The van der Waals surface area contributed by atoms with E-state index in [1.165, 1.54) is 24.1 Å². The lowest BCUT2D eigenvalue weighted by Gasteiger charge is -2.04. The number of hydrogen-bond donors (Lipinski definition) is 0. The summed E-state index contributed by atoms with van der Waals surface area (Å²) in [6.45, 7) is 7.14. The molecule has 148 valence electrons. The van der Waals surface area contributed by atoms with Gasteiger partial charge < -0.3 is 8.37 Å². The molecule has 0 fully saturated rings. The first-order valence-electron chi connectivity index (χ1n) is 7.20. The quantitative estimate of drug-likeness (QED) is 0.204. The van der Waals surface area contributed by atoms with Crippen LogP contribution in [0.5, 0.6) is 11.5 Å². The fourth-order valence-electron chi connectivity index (χ4n) is 1.39. The fourth-order valence-corrected chi connectivity index (χ4v) is 3.00. The number of benzene rings is 2. The van der Waals surface area contributed by atoms with Crippen LogP contribution in [0.2, 0.25) is 20.1 Å². The molecule has 0 N–H and O–H groups in total. The van der Waals surface area contributed by atoms with Crippen molar-refractivity contribution in [2.45, 2.75) is 0 Å². The highest BCUT2D eigenvalue weighted by atomic mass is 35.5. The lowest BCUT2D eigenvalue weighted by Crippen LogP contribution is -1.84. The molecule has 9 heteroatoms. The Labute approximate surface area is 196 Å². The van der Waals surface area contributed by atoms with Crippen molar-refractivity contribution in [1.82, 2.24) is 0 Å². The Morgan fingerprint density at radius 1 is 0.741 bits per heavy atom. The van der Waals surface area contributed by atoms with Crippen LogP contribution in [0, 0.1) is 0 Å². The van der Waals surface area contributed by atoms with E-state index in [4.69, 9.17) is 54.8 Å². The summed E-state index contributed by atoms with van der Waals surface area (Å²) in [7, 11) is 0. The summed E-state index contributed by atoms with van der Waals surface area (Å²) < 4.78 is 10.6. The SMILES string of the molecule is C=CCSOc1cccc(Cl)c1Cl.C=CCSOc1cccc(Cl)c1Cl.S. The molecule has 0 heterocycles. The molecule has 0 amide bonds. The molecule has 0 saturated heterocycles. The van der Waals surface area contributed by atoms with Crippen LogP contribution < -0.4 is 8.37 Å². The zero-order valence-electron chi connectivity index (χ0n) is 14.1. The van der Waals surface area contributed by atoms with Crippen LogP contribution in [0.15, 0.2) is 61.7 Å². The van der Waals surface area contributed by atoms with E-state index in [2.05, 4.69) is 13.2 Å². The van der Waals surface area contributed by atoms with E-state index in [9.17, 15) is 0 Å². The van der Waals surface area contributed by atoms with E-state index in [1.54, 1.807) is 48.6 Å². The molecule has 0 saturated carbocycles. The van der Waals surface area contributed by atoms with Gasteiger partial charge in [-0.2, -0.15) is 13.5 Å². The average molecular weight is 504 g/mol. The van der Waals surface area contributed by atoms with Crippen molar-refractivity contribution in [1.29, 1.82) is 0 Å². The van der Waals surface area contributed by atoms with Crippen LogP contribution in [0.4, 0.5) is 0 Å². The summed E-state index contributed by atoms with van der Waals surface area (Å²) in [6, 6.07) is 10.6. The Morgan fingerprint density at radius 2 is 1.11 bits per heavy atom. The van der Waals surface area contributed by atoms with Crippen LogP contribution in [0.1, 0.15) is 0 Å². The predicted molar refractivity (Wildman–Crippen MR) is 130 cm³/mol. The van der Waals surface area contributed by atoms with Gasteiger partial charge in [0.15, 0.2) is 11.5 Å². The molecule has 0 atom stereocenters. The van der Waals surface area contributed by atoms with Crippen LogP contribution in [-0.2, 0) is 0 Å². The summed E-state index contributed by atoms with van der Waals surface area (Å²) >= 11 is 25.9. The molecule has 0 bridgehead atoms. The van der Waals surface area contributed by atoms with Crippen molar-refractivity contribution in [3.8, 4) is 11.5 Å². The summed E-state index contributed by atoms with van der Waals surface area (Å²) in [6.07, 6.45) is 3.51. The maximum Gasteiger partial charge on any atom is 0.157 e. The predicted octanol–water partition coefficient (Wildman–Crippen LogP) is 8.53. The van der Waals surface area contributed by atoms with Crippen molar-refractivity contribution in [2.24, 2.45) is 0 Å². The molecule has 0 aromatic heterocycles. The van der Waals surface area contributed by atoms with Crippen molar-refractivity contribution < 1.29 is 8.37 Å². The van der Waals surface area contributed by atoms with Crippen LogP contribution in [0.25, 0.3) is 0 Å². The topological polar surface area (TPSA) is 18.5 Å². The number of halogens is 4. The highest BCUT2D eigenvalue weighted by molar-refractivity contribution is 7.95. The second-order valence-corrected chi connectivity index (χ2v) is 7.46. The minimum Gasteiger partial charge on any atom is -0.424 e. The lowest BCUT2D eigenvalue weighted by molar-refractivity contribution is 0.648. The smallest absolute Gasteiger partial charge is 0.157 e. The second kappa shape index (κ2) is 15.6. The summed E-state index contributed by atoms with van der Waals surface area (Å²) in [5.74, 6) is 2.59. The van der Waals surface area contributed by atoms with Crippen LogP contribution >= 0.6 is 84.0 Å². The van der Waals surface area contributed by atoms with Gasteiger partial charge >= 0.3 is 0 Å². The summed E-state index contributed by atoms with van der Waals surface area (Å²) in [4.78, 5) is 0. The Kier molecular flexibility index (Phi) is 15.5. The van der Waals surface area contributed by atoms with Gasteiger partial charge in [-0.05, 0) is 24.3 Å². The fraction of sp³-hybridized carbons (Fsp3) is 0.111. The Hall–Kier alpha value is -0.270. The second-order valence-electron chi connectivity index (χ2n) is 4.42. The van der Waals surface area contributed by atoms with Gasteiger partial charge in [-0.1, -0.05) is 70.7 Å². The van der Waals surface area contributed by atoms with E-state index in [1.807, 2.05) is 0 Å². The molecular weight excluding hydrogens is 486 g/mol. The molecule has 0 aliphatic heterocycles. The third kappa shape index (κ3) is 10.2. The molecule has 2 aromatic rings. The molecule has 0 aliphatic rings. The molecule has 2 nitrogen and oxygen atoms in total. The Morgan fingerprint density at radius 3 is 1.44 bits per heavy atom. The highest BCUT2D eigenvalue weighted by Gasteiger charge is 2.05. The highest BCUT2D eigenvalue weighted by Crippen LogP contribution is 2.34. The number of rotatable bonds is 8. The zero-order valence-corrected chi connectivity index (χ0v) is 19.7. The lowest BCUT2D eigenvalue weighted by atomic mass is 10.3. The van der Waals surface area contributed by atoms with Gasteiger partial charge in [0, 0.05) is 11.5 Å². The largest absolute Gasteiger partial charge is 0.424 e. The molecule has 0 radical (unpaired) electrons. The van der Waals surface area contributed by atoms with Crippen molar-refractivity contribution in [2.75, 3.05) is 11.5 Å². The maximum absolute atomic E-state index is 5.88. The van der Waals surface area contributed by atoms with Gasteiger partial charge in [-0.25, -0.2) is 0 Å². The van der Waals surface area contributed by atoms with Crippen molar-refractivity contribution in [3.63, 3.8) is 0 Å². The van der Waals surface area contributed by atoms with Crippen LogP contribution in [-0.4, -0.2) is 11.5 Å². The first kappa shape index (κ1) is 26.7. The van der Waals surface area contributed by atoms with E-state index in [-0.39, 0.29) is 13.5 Å². The standard InChI is InChI=1S/2C9H8Cl2OS.H2S/c2*1-2-6-13-12-8-5-3-4-7(10)9(8)11;/h2*2-5H,1,6H2;1H2. The van der Waals surface area contributed by atoms with Gasteiger partial charge in [-0.3, -0.25) is 0 Å². The van der Waals surface area contributed by atoms with Crippen LogP contribution in [0.3, 0.4) is 0 Å². The normalized spacial score (nSPS) is 9.33. The molecule has 0 spiro atoms. The monoisotopic (exact) mass is 502 g/mol. The average Bonchev–Trinajstić information content (AvgIpc) is 2.63. The van der Waals surface area contributed by atoms with Gasteiger partial charge in [0.1, 0.15) is 10.0 Å². The molecule has 0 aliphatic carbocycles. The number of hydrogen-bond acceptors (Lipinski definition) is 4. The van der Waals surface area contributed by atoms with Gasteiger partial charge in [0.05, 0.1) is 34.1 Å². The third-order valence-electron chi connectivity index (χ3n) is 2.50. The molecule has 2 rings (SSSR count).